The average molecular weight is 482 g/mol. The van der Waals surface area contributed by atoms with Gasteiger partial charge in [0.2, 0.25) is 12.7 Å². The number of hydrogen-bond donors (Lipinski definition) is 2. The summed E-state index contributed by atoms with van der Waals surface area (Å²) < 4.78 is 16.0. The lowest BCUT2D eigenvalue weighted by Gasteiger charge is -2.36. The van der Waals surface area contributed by atoms with E-state index in [1.54, 1.807) is 42.3 Å². The summed E-state index contributed by atoms with van der Waals surface area (Å²) in [6.07, 6.45) is 1.97. The number of carbonyl (C=O) groups is 3. The molecule has 2 aliphatic heterocycles. The second kappa shape index (κ2) is 11.1. The van der Waals surface area contributed by atoms with Gasteiger partial charge >= 0.3 is 0 Å². The molecule has 1 fully saturated rings. The van der Waals surface area contributed by atoms with Crippen molar-refractivity contribution in [2.24, 2.45) is 5.92 Å². The standard InChI is InChI=1S/C26H31N3O6/c1-3-12-27-25(31)23(28-24(30)18-8-9-21-22(15-18)35-16-34-21)17-10-13-29(14-11-17)26(32)19-6-4-5-7-20(19)33-2/h4-9,15,17,23H,3,10-14,16H2,1-2H3,(H,27,31)(H,28,30)/t23-/m1/s1. The summed E-state index contributed by atoms with van der Waals surface area (Å²) in [5.74, 6) is 0.859. The van der Waals surface area contributed by atoms with Crippen molar-refractivity contribution < 1.29 is 28.6 Å². The van der Waals surface area contributed by atoms with E-state index in [9.17, 15) is 14.4 Å². The van der Waals surface area contributed by atoms with Crippen LogP contribution < -0.4 is 24.8 Å². The summed E-state index contributed by atoms with van der Waals surface area (Å²) in [7, 11) is 1.54. The molecule has 9 heteroatoms. The number of nitrogens with one attached hydrogen (secondary N) is 2. The molecule has 0 spiro atoms. The van der Waals surface area contributed by atoms with E-state index in [0.29, 0.717) is 60.9 Å². The average Bonchev–Trinajstić information content (AvgIpc) is 3.38. The number of fused-ring (bicyclic) bond motifs is 1. The van der Waals surface area contributed by atoms with Crippen LogP contribution in [0.4, 0.5) is 0 Å². The first kappa shape index (κ1) is 24.4. The maximum Gasteiger partial charge on any atom is 0.257 e. The van der Waals surface area contributed by atoms with Gasteiger partial charge in [0.25, 0.3) is 11.8 Å². The van der Waals surface area contributed by atoms with Crippen LogP contribution in [0.25, 0.3) is 0 Å². The van der Waals surface area contributed by atoms with Gasteiger partial charge in [-0.2, -0.15) is 0 Å². The minimum atomic E-state index is -0.706. The van der Waals surface area contributed by atoms with Gasteiger partial charge in [-0.1, -0.05) is 19.1 Å². The van der Waals surface area contributed by atoms with Crippen LogP contribution in [0.2, 0.25) is 0 Å². The SMILES string of the molecule is CCCNC(=O)[C@H](NC(=O)c1ccc2c(c1)OCO2)C1CCN(C(=O)c2ccccc2OC)CC1. The first-order chi connectivity index (χ1) is 17.0. The Balaban J connectivity index is 1.44. The molecule has 1 atom stereocenters. The number of para-hydroxylation sites is 1. The second-order valence-corrected chi connectivity index (χ2v) is 8.64. The summed E-state index contributed by atoms with van der Waals surface area (Å²) in [5, 5.41) is 5.83. The van der Waals surface area contributed by atoms with Crippen LogP contribution in [0, 0.1) is 5.92 Å². The van der Waals surface area contributed by atoms with E-state index in [1.807, 2.05) is 19.1 Å². The van der Waals surface area contributed by atoms with E-state index in [-0.39, 0.29) is 30.4 Å². The van der Waals surface area contributed by atoms with Gasteiger partial charge in [0.05, 0.1) is 12.7 Å². The number of ether oxygens (including phenoxy) is 3. The maximum atomic E-state index is 13.1. The molecule has 0 bridgehead atoms. The van der Waals surface area contributed by atoms with Crippen LogP contribution in [-0.2, 0) is 4.79 Å². The normalized spacial score (nSPS) is 15.9. The Bertz CT molecular complexity index is 1080. The second-order valence-electron chi connectivity index (χ2n) is 8.64. The molecule has 4 rings (SSSR count). The monoisotopic (exact) mass is 481 g/mol. The Labute approximate surface area is 204 Å². The topological polar surface area (TPSA) is 106 Å². The van der Waals surface area contributed by atoms with Gasteiger partial charge in [-0.15, -0.1) is 0 Å². The van der Waals surface area contributed by atoms with E-state index in [0.717, 1.165) is 6.42 Å². The fourth-order valence-corrected chi connectivity index (χ4v) is 4.45. The van der Waals surface area contributed by atoms with E-state index in [1.165, 1.54) is 0 Å². The van der Waals surface area contributed by atoms with Gasteiger partial charge in [-0.25, -0.2) is 0 Å². The number of benzene rings is 2. The zero-order valence-electron chi connectivity index (χ0n) is 20.0. The predicted octanol–water partition coefficient (Wildman–Crippen LogP) is 2.60. The minimum absolute atomic E-state index is 0.0997. The van der Waals surface area contributed by atoms with Crippen LogP contribution >= 0.6 is 0 Å². The van der Waals surface area contributed by atoms with Crippen LogP contribution in [-0.4, -0.2) is 62.2 Å². The molecule has 0 aliphatic carbocycles. The van der Waals surface area contributed by atoms with Gasteiger partial charge in [0.1, 0.15) is 11.8 Å². The van der Waals surface area contributed by atoms with Crippen LogP contribution in [0.5, 0.6) is 17.2 Å². The van der Waals surface area contributed by atoms with Crippen LogP contribution in [0.15, 0.2) is 42.5 Å². The largest absolute Gasteiger partial charge is 0.496 e. The number of nitrogens with zero attached hydrogens (tertiary/aromatic N) is 1. The van der Waals surface area contributed by atoms with Crippen molar-refractivity contribution in [1.82, 2.24) is 15.5 Å². The van der Waals surface area contributed by atoms with Gasteiger partial charge in [0.15, 0.2) is 11.5 Å². The Morgan fingerprint density at radius 3 is 2.57 bits per heavy atom. The highest BCUT2D eigenvalue weighted by atomic mass is 16.7. The lowest BCUT2D eigenvalue weighted by molar-refractivity contribution is -0.124. The number of likely N-dealkylation sites (tertiary alicyclic amines) is 1. The molecule has 0 radical (unpaired) electrons. The first-order valence-corrected chi connectivity index (χ1v) is 11.9. The first-order valence-electron chi connectivity index (χ1n) is 11.9. The van der Waals surface area contributed by atoms with E-state index in [2.05, 4.69) is 10.6 Å². The Kier molecular flexibility index (Phi) is 7.74. The highest BCUT2D eigenvalue weighted by Gasteiger charge is 2.34. The molecule has 0 saturated carbocycles. The fraction of sp³-hybridized carbons (Fsp3) is 0.423. The number of hydrogen-bond acceptors (Lipinski definition) is 6. The molecule has 3 amide bonds. The minimum Gasteiger partial charge on any atom is -0.496 e. The third kappa shape index (κ3) is 5.50. The summed E-state index contributed by atoms with van der Waals surface area (Å²) in [6, 6.07) is 11.4. The molecule has 9 nitrogen and oxygen atoms in total. The molecule has 186 valence electrons. The van der Waals surface area contributed by atoms with Crippen molar-refractivity contribution in [3.05, 3.63) is 53.6 Å². The van der Waals surface area contributed by atoms with Crippen molar-refractivity contribution >= 4 is 17.7 Å². The van der Waals surface area contributed by atoms with Crippen molar-refractivity contribution in [3.8, 4) is 17.2 Å². The highest BCUT2D eigenvalue weighted by Crippen LogP contribution is 2.32. The molecular weight excluding hydrogens is 450 g/mol. The summed E-state index contributed by atoms with van der Waals surface area (Å²) in [6.45, 7) is 3.59. The van der Waals surface area contributed by atoms with Crippen molar-refractivity contribution in [1.29, 1.82) is 0 Å². The van der Waals surface area contributed by atoms with Gasteiger partial charge < -0.3 is 29.7 Å². The smallest absolute Gasteiger partial charge is 0.257 e. The van der Waals surface area contributed by atoms with E-state index >= 15 is 0 Å². The molecule has 35 heavy (non-hydrogen) atoms. The Morgan fingerprint density at radius 1 is 1.09 bits per heavy atom. The Morgan fingerprint density at radius 2 is 1.83 bits per heavy atom. The number of amides is 3. The third-order valence-electron chi connectivity index (χ3n) is 6.39. The molecule has 0 unspecified atom stereocenters. The molecule has 2 N–H and O–H groups in total. The fourth-order valence-electron chi connectivity index (χ4n) is 4.45. The lowest BCUT2D eigenvalue weighted by Crippen LogP contribution is -2.54. The zero-order valence-corrected chi connectivity index (χ0v) is 20.0. The maximum absolute atomic E-state index is 13.1. The van der Waals surface area contributed by atoms with Crippen molar-refractivity contribution in [2.45, 2.75) is 32.2 Å². The number of piperidine rings is 1. The van der Waals surface area contributed by atoms with Crippen LogP contribution in [0.1, 0.15) is 46.9 Å². The lowest BCUT2D eigenvalue weighted by atomic mass is 9.88. The molecule has 2 aromatic rings. The predicted molar refractivity (Wildman–Crippen MR) is 129 cm³/mol. The van der Waals surface area contributed by atoms with Crippen molar-refractivity contribution in [3.63, 3.8) is 0 Å². The number of methoxy groups -OCH3 is 1. The van der Waals surface area contributed by atoms with E-state index < -0.39 is 6.04 Å². The summed E-state index contributed by atoms with van der Waals surface area (Å²) in [5.41, 5.74) is 0.910. The van der Waals surface area contributed by atoms with Crippen molar-refractivity contribution in [2.75, 3.05) is 33.5 Å². The van der Waals surface area contributed by atoms with E-state index in [4.69, 9.17) is 14.2 Å². The molecule has 2 heterocycles. The molecule has 2 aliphatic rings. The zero-order chi connectivity index (χ0) is 24.8. The summed E-state index contributed by atoms with van der Waals surface area (Å²) in [4.78, 5) is 40.9. The quantitative estimate of drug-likeness (QED) is 0.600. The molecular formula is C26H31N3O6. The number of rotatable bonds is 8. The highest BCUT2D eigenvalue weighted by molar-refractivity contribution is 5.98. The van der Waals surface area contributed by atoms with Gasteiger partial charge in [0, 0.05) is 25.2 Å². The third-order valence-corrected chi connectivity index (χ3v) is 6.39. The molecule has 1 saturated heterocycles. The Hall–Kier alpha value is -3.75. The molecule has 0 aromatic heterocycles. The number of carbonyl (C=O) groups excluding carboxylic acids is 3. The van der Waals surface area contributed by atoms with Gasteiger partial charge in [-0.05, 0) is 55.5 Å². The summed E-state index contributed by atoms with van der Waals surface area (Å²) >= 11 is 0. The molecule has 2 aromatic carbocycles. The van der Waals surface area contributed by atoms with Crippen LogP contribution in [0.3, 0.4) is 0 Å². The van der Waals surface area contributed by atoms with Gasteiger partial charge in [-0.3, -0.25) is 14.4 Å².